The molecule has 0 bridgehead atoms. The first kappa shape index (κ1) is 23.4. The summed E-state index contributed by atoms with van der Waals surface area (Å²) in [5, 5.41) is 2.61. The first-order chi connectivity index (χ1) is 14.6. The maximum atomic E-state index is 6.56. The van der Waals surface area contributed by atoms with Gasteiger partial charge in [0.2, 0.25) is 0 Å². The van der Waals surface area contributed by atoms with E-state index in [9.17, 15) is 0 Å². The molecule has 0 spiro atoms. The predicted molar refractivity (Wildman–Crippen MR) is 138 cm³/mol. The molecule has 1 aromatic heterocycles. The van der Waals surface area contributed by atoms with E-state index in [1.54, 1.807) is 0 Å². The van der Waals surface area contributed by atoms with E-state index in [4.69, 9.17) is 9.31 Å². The number of hydrogen-bond donors (Lipinski definition) is 0. The van der Waals surface area contributed by atoms with Crippen molar-refractivity contribution in [1.82, 2.24) is 4.57 Å². The molecule has 0 unspecified atom stereocenters. The highest BCUT2D eigenvalue weighted by atomic mass is 16.7. The Bertz CT molecular complexity index is 1170. The first-order valence-electron chi connectivity index (χ1n) is 12.0. The molecule has 0 atom stereocenters. The molecular weight excluding hydrogens is 393 g/mol. The number of nitrogens with zero attached hydrogens (tertiary/aromatic N) is 1. The number of aryl methyl sites for hydroxylation is 1. The van der Waals surface area contributed by atoms with Crippen molar-refractivity contribution >= 4 is 34.4 Å². The van der Waals surface area contributed by atoms with Crippen molar-refractivity contribution in [1.29, 1.82) is 0 Å². The lowest BCUT2D eigenvalue weighted by molar-refractivity contribution is 0.00578. The minimum atomic E-state index is -0.388. The van der Waals surface area contributed by atoms with E-state index < -0.39 is 0 Å². The Balaban J connectivity index is 2.09. The zero-order valence-electron chi connectivity index (χ0n) is 21.9. The SMILES string of the molecule is CCn1c2ccc(C(C)(C)C)cc2c2cc(C(C)(C)C)cc(B3OC(C)(C)C(C)(C)O3)c21. The highest BCUT2D eigenvalue weighted by Gasteiger charge is 2.52. The molecule has 2 heterocycles. The highest BCUT2D eigenvalue weighted by molar-refractivity contribution is 6.65. The number of rotatable bonds is 2. The number of benzene rings is 2. The van der Waals surface area contributed by atoms with Crippen LogP contribution in [-0.4, -0.2) is 22.9 Å². The van der Waals surface area contributed by atoms with Gasteiger partial charge in [0.15, 0.2) is 0 Å². The van der Waals surface area contributed by atoms with Crippen molar-refractivity contribution in [2.45, 2.75) is 105 Å². The highest BCUT2D eigenvalue weighted by Crippen LogP contribution is 2.39. The molecule has 172 valence electrons. The van der Waals surface area contributed by atoms with Crippen LogP contribution in [0.5, 0.6) is 0 Å². The summed E-state index contributed by atoms with van der Waals surface area (Å²) in [5.74, 6) is 0. The number of fused-ring (bicyclic) bond motifs is 3. The minimum absolute atomic E-state index is 0.0227. The molecule has 3 nitrogen and oxygen atoms in total. The van der Waals surface area contributed by atoms with E-state index in [0.717, 1.165) is 12.0 Å². The van der Waals surface area contributed by atoms with Crippen molar-refractivity contribution in [2.24, 2.45) is 0 Å². The van der Waals surface area contributed by atoms with Gasteiger partial charge in [0.05, 0.1) is 11.2 Å². The Morgan fingerprint density at radius 1 is 0.781 bits per heavy atom. The quantitative estimate of drug-likeness (QED) is 0.420. The molecule has 0 amide bonds. The van der Waals surface area contributed by atoms with Crippen LogP contribution in [0.3, 0.4) is 0 Å². The predicted octanol–water partition coefficient (Wildman–Crippen LogP) is 6.71. The monoisotopic (exact) mass is 433 g/mol. The van der Waals surface area contributed by atoms with Crippen LogP contribution in [0.2, 0.25) is 0 Å². The van der Waals surface area contributed by atoms with Crippen LogP contribution in [0.4, 0.5) is 0 Å². The lowest BCUT2D eigenvalue weighted by atomic mass is 9.74. The Morgan fingerprint density at radius 2 is 1.31 bits per heavy atom. The van der Waals surface area contributed by atoms with Crippen LogP contribution in [0.15, 0.2) is 30.3 Å². The molecule has 0 radical (unpaired) electrons. The van der Waals surface area contributed by atoms with Crippen LogP contribution >= 0.6 is 0 Å². The Hall–Kier alpha value is -1.78. The van der Waals surface area contributed by atoms with E-state index in [1.165, 1.54) is 32.9 Å². The normalized spacial score (nSPS) is 18.8. The Kier molecular flexibility index (Phi) is 5.20. The van der Waals surface area contributed by atoms with Gasteiger partial charge in [-0.15, -0.1) is 0 Å². The molecule has 2 aromatic carbocycles. The van der Waals surface area contributed by atoms with Gasteiger partial charge in [0, 0.05) is 33.8 Å². The van der Waals surface area contributed by atoms with E-state index in [2.05, 4.69) is 111 Å². The van der Waals surface area contributed by atoms with Crippen molar-refractivity contribution in [3.05, 3.63) is 41.5 Å². The van der Waals surface area contributed by atoms with Crippen molar-refractivity contribution in [2.75, 3.05) is 0 Å². The van der Waals surface area contributed by atoms with Crippen LogP contribution < -0.4 is 5.46 Å². The van der Waals surface area contributed by atoms with Crippen molar-refractivity contribution in [3.63, 3.8) is 0 Å². The third-order valence-corrected chi connectivity index (χ3v) is 7.54. The Morgan fingerprint density at radius 3 is 1.81 bits per heavy atom. The van der Waals surface area contributed by atoms with Gasteiger partial charge >= 0.3 is 7.12 Å². The zero-order chi connectivity index (χ0) is 23.9. The third-order valence-electron chi connectivity index (χ3n) is 7.54. The smallest absolute Gasteiger partial charge is 0.399 e. The fourth-order valence-corrected chi connectivity index (χ4v) is 4.65. The summed E-state index contributed by atoms with van der Waals surface area (Å²) in [6, 6.07) is 11.7. The zero-order valence-corrected chi connectivity index (χ0v) is 21.9. The van der Waals surface area contributed by atoms with Gasteiger partial charge in [-0.2, -0.15) is 0 Å². The van der Waals surface area contributed by atoms with E-state index in [-0.39, 0.29) is 29.2 Å². The maximum absolute atomic E-state index is 6.56. The van der Waals surface area contributed by atoms with Crippen molar-refractivity contribution < 1.29 is 9.31 Å². The largest absolute Gasteiger partial charge is 0.497 e. The van der Waals surface area contributed by atoms with E-state index >= 15 is 0 Å². The van der Waals surface area contributed by atoms with Crippen LogP contribution in [0.1, 0.15) is 87.3 Å². The molecule has 1 saturated heterocycles. The van der Waals surface area contributed by atoms with Gasteiger partial charge in [-0.3, -0.25) is 0 Å². The maximum Gasteiger partial charge on any atom is 0.497 e. The summed E-state index contributed by atoms with van der Waals surface area (Å²) in [4.78, 5) is 0. The molecule has 4 rings (SSSR count). The van der Waals surface area contributed by atoms with Gasteiger partial charge in [0.25, 0.3) is 0 Å². The van der Waals surface area contributed by atoms with E-state index in [0.29, 0.717) is 0 Å². The summed E-state index contributed by atoms with van der Waals surface area (Å²) in [7, 11) is -0.388. The van der Waals surface area contributed by atoms with Crippen LogP contribution in [0, 0.1) is 0 Å². The number of hydrogen-bond acceptors (Lipinski definition) is 2. The summed E-state index contributed by atoms with van der Waals surface area (Å²) >= 11 is 0. The second kappa shape index (κ2) is 7.11. The molecule has 0 aliphatic carbocycles. The fourth-order valence-electron chi connectivity index (χ4n) is 4.65. The molecular formula is C28H40BNO2. The summed E-state index contributed by atoms with van der Waals surface area (Å²) < 4.78 is 15.6. The van der Waals surface area contributed by atoms with E-state index in [1.807, 2.05) is 0 Å². The molecule has 0 saturated carbocycles. The molecule has 4 heteroatoms. The first-order valence-corrected chi connectivity index (χ1v) is 12.0. The molecule has 1 aliphatic heterocycles. The molecule has 1 fully saturated rings. The topological polar surface area (TPSA) is 23.4 Å². The molecule has 1 aliphatic rings. The van der Waals surface area contributed by atoms with Gasteiger partial charge in [0.1, 0.15) is 0 Å². The van der Waals surface area contributed by atoms with Crippen molar-refractivity contribution in [3.8, 4) is 0 Å². The summed E-state index contributed by atoms with van der Waals surface area (Å²) in [6.45, 7) is 25.3. The molecule has 0 N–H and O–H groups in total. The lowest BCUT2D eigenvalue weighted by Crippen LogP contribution is -2.41. The molecule has 3 aromatic rings. The number of aromatic nitrogens is 1. The van der Waals surface area contributed by atoms with Gasteiger partial charge in [-0.25, -0.2) is 0 Å². The lowest BCUT2D eigenvalue weighted by Gasteiger charge is -2.32. The van der Waals surface area contributed by atoms with Crippen LogP contribution in [0.25, 0.3) is 21.8 Å². The summed E-state index contributed by atoms with van der Waals surface area (Å²) in [5.41, 5.74) is 5.71. The molecule has 32 heavy (non-hydrogen) atoms. The fraction of sp³-hybridized carbons (Fsp3) is 0.571. The Labute approximate surface area is 194 Å². The minimum Gasteiger partial charge on any atom is -0.399 e. The average molecular weight is 433 g/mol. The van der Waals surface area contributed by atoms with Gasteiger partial charge < -0.3 is 13.9 Å². The average Bonchev–Trinajstić information content (AvgIpc) is 3.08. The standard InChI is InChI=1S/C28H40BNO2/c1-12-30-23-14-13-18(25(2,3)4)15-20(23)21-16-19(26(5,6)7)17-22(24(21)30)29-31-27(8,9)28(10,11)32-29/h13-17H,12H2,1-11H3. The second-order valence-electron chi connectivity index (χ2n) is 12.5. The summed E-state index contributed by atoms with van der Waals surface area (Å²) in [6.07, 6.45) is 0. The van der Waals surface area contributed by atoms with Gasteiger partial charge in [-0.1, -0.05) is 53.7 Å². The van der Waals surface area contributed by atoms with Gasteiger partial charge in [-0.05, 0) is 74.8 Å². The van der Waals surface area contributed by atoms with Crippen LogP contribution in [-0.2, 0) is 26.7 Å². The second-order valence-corrected chi connectivity index (χ2v) is 12.5. The third kappa shape index (κ3) is 3.60.